The topological polar surface area (TPSA) is 62.8 Å². The summed E-state index contributed by atoms with van der Waals surface area (Å²) in [5, 5.41) is 3.16. The summed E-state index contributed by atoms with van der Waals surface area (Å²) in [5.41, 5.74) is 3.05. The minimum absolute atomic E-state index is 0.0518. The molecule has 0 aliphatic carbocycles. The van der Waals surface area contributed by atoms with E-state index in [1.54, 1.807) is 6.07 Å². The maximum Gasteiger partial charge on any atom is 0.227 e. The molecule has 0 atom stereocenters. The fourth-order valence-corrected chi connectivity index (χ4v) is 4.24. The van der Waals surface area contributed by atoms with Gasteiger partial charge in [-0.2, -0.15) is 0 Å². The molecule has 1 N–H and O–H groups in total. The van der Waals surface area contributed by atoms with Gasteiger partial charge in [-0.15, -0.1) is 0 Å². The Morgan fingerprint density at radius 3 is 2.47 bits per heavy atom. The van der Waals surface area contributed by atoms with Gasteiger partial charge in [-0.1, -0.05) is 12.1 Å². The van der Waals surface area contributed by atoms with E-state index in [0.717, 1.165) is 50.3 Å². The van der Waals surface area contributed by atoms with Crippen molar-refractivity contribution in [1.29, 1.82) is 0 Å². The first-order valence-corrected chi connectivity index (χ1v) is 11.5. The van der Waals surface area contributed by atoms with Crippen LogP contribution < -0.4 is 10.2 Å². The van der Waals surface area contributed by atoms with Crippen LogP contribution in [-0.2, 0) is 16.0 Å². The van der Waals surface area contributed by atoms with Gasteiger partial charge in [-0.3, -0.25) is 4.90 Å². The Morgan fingerprint density at radius 1 is 0.912 bits per heavy atom. The SMILES string of the molecule is Fc1cc(-c2nc(Nc3cccc(CN4CCOCC4)c3)ncc2F)cc(N2CCOCC2)c1. The van der Waals surface area contributed by atoms with Crippen LogP contribution in [0.2, 0.25) is 0 Å². The molecule has 5 rings (SSSR count). The van der Waals surface area contributed by atoms with Gasteiger partial charge in [-0.05, 0) is 35.9 Å². The van der Waals surface area contributed by atoms with Crippen molar-refractivity contribution in [3.05, 3.63) is 65.9 Å². The lowest BCUT2D eigenvalue weighted by Crippen LogP contribution is -2.36. The second-order valence-electron chi connectivity index (χ2n) is 8.40. The molecule has 2 aliphatic heterocycles. The monoisotopic (exact) mass is 467 g/mol. The van der Waals surface area contributed by atoms with E-state index in [2.05, 4.69) is 26.3 Å². The molecule has 3 heterocycles. The summed E-state index contributed by atoms with van der Waals surface area (Å²) in [6.45, 7) is 6.59. The summed E-state index contributed by atoms with van der Waals surface area (Å²) in [6, 6.07) is 12.5. The molecule has 0 spiro atoms. The predicted octanol–water partition coefficient (Wildman–Crippen LogP) is 3.83. The van der Waals surface area contributed by atoms with Gasteiger partial charge in [-0.25, -0.2) is 18.7 Å². The number of hydrogen-bond acceptors (Lipinski definition) is 7. The highest BCUT2D eigenvalue weighted by atomic mass is 19.1. The normalized spacial score (nSPS) is 17.1. The molecule has 0 radical (unpaired) electrons. The Balaban J connectivity index is 1.36. The summed E-state index contributed by atoms with van der Waals surface area (Å²) in [4.78, 5) is 12.8. The van der Waals surface area contributed by atoms with Crippen LogP contribution in [0, 0.1) is 11.6 Å². The first-order valence-electron chi connectivity index (χ1n) is 11.5. The zero-order chi connectivity index (χ0) is 23.3. The predicted molar refractivity (Wildman–Crippen MR) is 126 cm³/mol. The Kier molecular flexibility index (Phi) is 6.94. The zero-order valence-corrected chi connectivity index (χ0v) is 18.8. The van der Waals surface area contributed by atoms with Crippen molar-refractivity contribution in [3.8, 4) is 11.3 Å². The molecule has 9 heteroatoms. The van der Waals surface area contributed by atoms with Crippen molar-refractivity contribution in [2.24, 2.45) is 0 Å². The molecule has 2 aliphatic rings. The van der Waals surface area contributed by atoms with E-state index in [0.29, 0.717) is 37.6 Å². The van der Waals surface area contributed by atoms with Gasteiger partial charge in [0.25, 0.3) is 0 Å². The van der Waals surface area contributed by atoms with Gasteiger partial charge < -0.3 is 19.7 Å². The first-order chi connectivity index (χ1) is 16.6. The smallest absolute Gasteiger partial charge is 0.227 e. The van der Waals surface area contributed by atoms with Crippen molar-refractivity contribution in [3.63, 3.8) is 0 Å². The summed E-state index contributed by atoms with van der Waals surface area (Å²) in [6.07, 6.45) is 1.11. The highest BCUT2D eigenvalue weighted by Gasteiger charge is 2.17. The minimum Gasteiger partial charge on any atom is -0.379 e. The number of hydrogen-bond donors (Lipinski definition) is 1. The van der Waals surface area contributed by atoms with E-state index in [1.165, 1.54) is 12.1 Å². The second-order valence-corrected chi connectivity index (χ2v) is 8.40. The second kappa shape index (κ2) is 10.4. The van der Waals surface area contributed by atoms with E-state index in [1.807, 2.05) is 23.1 Å². The highest BCUT2D eigenvalue weighted by molar-refractivity contribution is 5.68. The number of aromatic nitrogens is 2. The number of morpholine rings is 2. The summed E-state index contributed by atoms with van der Waals surface area (Å²) >= 11 is 0. The van der Waals surface area contributed by atoms with Crippen molar-refractivity contribution in [2.45, 2.75) is 6.54 Å². The number of benzene rings is 2. The molecule has 3 aromatic rings. The molecule has 0 unspecified atom stereocenters. The van der Waals surface area contributed by atoms with Crippen molar-refractivity contribution in [2.75, 3.05) is 62.8 Å². The standard InChI is InChI=1S/C25H27F2N5O2/c26-20-13-19(14-22(15-20)32-6-10-34-11-7-32)24-23(27)16-28-25(30-24)29-21-3-1-2-18(12-21)17-31-4-8-33-9-5-31/h1-3,12-16H,4-11,17H2,(H,28,29,30). The number of nitrogens with zero attached hydrogens (tertiary/aromatic N) is 4. The summed E-state index contributed by atoms with van der Waals surface area (Å²) in [5.74, 6) is -0.801. The third kappa shape index (κ3) is 5.49. The maximum absolute atomic E-state index is 14.7. The van der Waals surface area contributed by atoms with Crippen LogP contribution >= 0.6 is 0 Å². The van der Waals surface area contributed by atoms with Gasteiger partial charge in [0.15, 0.2) is 5.82 Å². The van der Waals surface area contributed by atoms with Gasteiger partial charge in [0.05, 0.1) is 32.6 Å². The maximum atomic E-state index is 14.7. The summed E-state index contributed by atoms with van der Waals surface area (Å²) in [7, 11) is 0. The average Bonchev–Trinajstić information content (AvgIpc) is 2.86. The van der Waals surface area contributed by atoms with Gasteiger partial charge in [0.2, 0.25) is 5.95 Å². The third-order valence-electron chi connectivity index (χ3n) is 5.97. The largest absolute Gasteiger partial charge is 0.379 e. The van der Waals surface area contributed by atoms with Crippen LogP contribution in [0.1, 0.15) is 5.56 Å². The molecule has 0 amide bonds. The van der Waals surface area contributed by atoms with Crippen molar-refractivity contribution in [1.82, 2.24) is 14.9 Å². The number of rotatable bonds is 6. The average molecular weight is 468 g/mol. The van der Waals surface area contributed by atoms with Crippen LogP contribution in [0.4, 0.5) is 26.1 Å². The highest BCUT2D eigenvalue weighted by Crippen LogP contribution is 2.28. The van der Waals surface area contributed by atoms with Gasteiger partial charge in [0.1, 0.15) is 11.5 Å². The molecule has 0 bridgehead atoms. The van der Waals surface area contributed by atoms with Gasteiger partial charge >= 0.3 is 0 Å². The molecule has 34 heavy (non-hydrogen) atoms. The number of nitrogens with one attached hydrogen (secondary N) is 1. The quantitative estimate of drug-likeness (QED) is 0.591. The molecular formula is C25H27F2N5O2. The van der Waals surface area contributed by atoms with Crippen LogP contribution in [0.5, 0.6) is 0 Å². The van der Waals surface area contributed by atoms with E-state index in [-0.39, 0.29) is 11.6 Å². The Labute approximate surface area is 197 Å². The zero-order valence-electron chi connectivity index (χ0n) is 18.8. The molecular weight excluding hydrogens is 440 g/mol. The van der Waals surface area contributed by atoms with E-state index in [9.17, 15) is 8.78 Å². The number of ether oxygens (including phenoxy) is 2. The fraction of sp³-hybridized carbons (Fsp3) is 0.360. The van der Waals surface area contributed by atoms with Gasteiger partial charge in [0, 0.05) is 49.7 Å². The molecule has 1 aromatic heterocycles. The first kappa shape index (κ1) is 22.6. The summed E-state index contributed by atoms with van der Waals surface area (Å²) < 4.78 is 39.9. The number of anilines is 3. The fourth-order valence-electron chi connectivity index (χ4n) is 4.24. The molecule has 2 fully saturated rings. The molecule has 0 saturated carbocycles. The number of halogens is 2. The van der Waals surface area contributed by atoms with E-state index < -0.39 is 11.6 Å². The Hall–Kier alpha value is -3.14. The Bertz CT molecular complexity index is 1130. The lowest BCUT2D eigenvalue weighted by atomic mass is 10.1. The molecule has 7 nitrogen and oxygen atoms in total. The van der Waals surface area contributed by atoms with E-state index in [4.69, 9.17) is 9.47 Å². The van der Waals surface area contributed by atoms with Crippen LogP contribution in [0.3, 0.4) is 0 Å². The van der Waals surface area contributed by atoms with Crippen LogP contribution in [0.15, 0.2) is 48.7 Å². The van der Waals surface area contributed by atoms with Crippen molar-refractivity contribution < 1.29 is 18.3 Å². The molecule has 2 saturated heterocycles. The van der Waals surface area contributed by atoms with E-state index >= 15 is 0 Å². The minimum atomic E-state index is -0.606. The third-order valence-corrected chi connectivity index (χ3v) is 5.97. The Morgan fingerprint density at radius 2 is 1.68 bits per heavy atom. The lowest BCUT2D eigenvalue weighted by molar-refractivity contribution is 0.0342. The lowest BCUT2D eigenvalue weighted by Gasteiger charge is -2.29. The molecule has 178 valence electrons. The van der Waals surface area contributed by atoms with Crippen molar-refractivity contribution >= 4 is 17.3 Å². The molecule has 2 aromatic carbocycles. The van der Waals surface area contributed by atoms with Crippen LogP contribution in [-0.4, -0.2) is 67.5 Å². The van der Waals surface area contributed by atoms with Crippen LogP contribution in [0.25, 0.3) is 11.3 Å².